The Bertz CT molecular complexity index is 284. The van der Waals surface area contributed by atoms with Crippen molar-refractivity contribution in [1.82, 2.24) is 9.88 Å². The van der Waals surface area contributed by atoms with Gasteiger partial charge in [-0.25, -0.2) is 0 Å². The number of aromatic nitrogens is 1. The number of nitrogens with zero attached hydrogens (tertiary/aromatic N) is 2. The average molecular weight is 221 g/mol. The number of likely N-dealkylation sites (N-methyl/N-ethyl adjacent to an activating group) is 1. The number of hydrogen-bond donors (Lipinski definition) is 1. The summed E-state index contributed by atoms with van der Waals surface area (Å²) in [5.74, 6) is 0.545. The van der Waals surface area contributed by atoms with Crippen LogP contribution in [0.5, 0.6) is 0 Å². The molecule has 16 heavy (non-hydrogen) atoms. The summed E-state index contributed by atoms with van der Waals surface area (Å²) in [4.78, 5) is 6.31. The zero-order valence-electron chi connectivity index (χ0n) is 10.6. The zero-order chi connectivity index (χ0) is 12.0. The lowest BCUT2D eigenvalue weighted by Crippen LogP contribution is -2.39. The molecule has 0 radical (unpaired) electrons. The zero-order valence-corrected chi connectivity index (χ0v) is 10.6. The van der Waals surface area contributed by atoms with Crippen LogP contribution in [0.3, 0.4) is 0 Å². The Labute approximate surface area is 98.7 Å². The van der Waals surface area contributed by atoms with E-state index >= 15 is 0 Å². The van der Waals surface area contributed by atoms with Gasteiger partial charge in [0.05, 0.1) is 0 Å². The van der Waals surface area contributed by atoms with Crippen LogP contribution in [0, 0.1) is 5.92 Å². The molecule has 90 valence electrons. The predicted molar refractivity (Wildman–Crippen MR) is 68.3 cm³/mol. The molecule has 1 unspecified atom stereocenters. The first-order valence-electron chi connectivity index (χ1n) is 5.92. The van der Waals surface area contributed by atoms with E-state index in [-0.39, 0.29) is 6.04 Å². The van der Waals surface area contributed by atoms with Crippen molar-refractivity contribution in [2.24, 2.45) is 11.7 Å². The van der Waals surface area contributed by atoms with Gasteiger partial charge in [-0.15, -0.1) is 0 Å². The van der Waals surface area contributed by atoms with Crippen molar-refractivity contribution >= 4 is 0 Å². The number of rotatable bonds is 6. The smallest absolute Gasteiger partial charge is 0.0270 e. The molecule has 0 fully saturated rings. The molecule has 0 saturated heterocycles. The molecule has 0 aliphatic rings. The van der Waals surface area contributed by atoms with Crippen LogP contribution < -0.4 is 5.73 Å². The third-order valence-corrected chi connectivity index (χ3v) is 2.91. The molecule has 0 bridgehead atoms. The number of pyridine rings is 1. The standard InChI is InChI=1S/C13H23N3/c1-11(2)13(14)10-16(3)9-6-12-4-7-15-8-5-12/h4-5,7-8,11,13H,6,9-10,14H2,1-3H3. The summed E-state index contributed by atoms with van der Waals surface area (Å²) in [7, 11) is 2.13. The molecule has 0 spiro atoms. The van der Waals surface area contributed by atoms with Gasteiger partial charge in [-0.05, 0) is 37.1 Å². The van der Waals surface area contributed by atoms with Crippen molar-refractivity contribution in [2.75, 3.05) is 20.1 Å². The summed E-state index contributed by atoms with van der Waals surface area (Å²) in [6.07, 6.45) is 4.74. The quantitative estimate of drug-likeness (QED) is 0.792. The van der Waals surface area contributed by atoms with Crippen molar-refractivity contribution in [3.05, 3.63) is 30.1 Å². The van der Waals surface area contributed by atoms with Crippen LogP contribution >= 0.6 is 0 Å². The van der Waals surface area contributed by atoms with Crippen molar-refractivity contribution < 1.29 is 0 Å². The lowest BCUT2D eigenvalue weighted by Gasteiger charge is -2.23. The molecule has 1 aromatic rings. The van der Waals surface area contributed by atoms with E-state index in [0.29, 0.717) is 5.92 Å². The first kappa shape index (κ1) is 13.1. The molecule has 0 amide bonds. The third-order valence-electron chi connectivity index (χ3n) is 2.91. The Kier molecular flexibility index (Phi) is 5.43. The summed E-state index contributed by atoms with van der Waals surface area (Å²) in [6, 6.07) is 4.40. The highest BCUT2D eigenvalue weighted by Gasteiger charge is 2.10. The van der Waals surface area contributed by atoms with Gasteiger partial charge >= 0.3 is 0 Å². The second-order valence-corrected chi connectivity index (χ2v) is 4.78. The average Bonchev–Trinajstić information content (AvgIpc) is 2.27. The molecule has 0 saturated carbocycles. The fourth-order valence-electron chi connectivity index (χ4n) is 1.53. The monoisotopic (exact) mass is 221 g/mol. The molecule has 0 aliphatic carbocycles. The summed E-state index contributed by atoms with van der Waals surface area (Å²) in [6.45, 7) is 6.34. The second kappa shape index (κ2) is 6.61. The first-order chi connectivity index (χ1) is 7.59. The minimum atomic E-state index is 0.266. The maximum Gasteiger partial charge on any atom is 0.0270 e. The van der Waals surface area contributed by atoms with Gasteiger partial charge in [0.2, 0.25) is 0 Å². The maximum atomic E-state index is 6.03. The van der Waals surface area contributed by atoms with E-state index in [1.807, 2.05) is 12.4 Å². The molecule has 1 rings (SSSR count). The molecular weight excluding hydrogens is 198 g/mol. The molecule has 0 aromatic carbocycles. The maximum absolute atomic E-state index is 6.03. The van der Waals surface area contributed by atoms with E-state index in [9.17, 15) is 0 Å². The van der Waals surface area contributed by atoms with Crippen molar-refractivity contribution in [2.45, 2.75) is 26.3 Å². The van der Waals surface area contributed by atoms with Crippen LogP contribution in [-0.2, 0) is 6.42 Å². The van der Waals surface area contributed by atoms with Gasteiger partial charge in [-0.2, -0.15) is 0 Å². The van der Waals surface area contributed by atoms with Gasteiger partial charge in [0.1, 0.15) is 0 Å². The van der Waals surface area contributed by atoms with Crippen molar-refractivity contribution in [3.8, 4) is 0 Å². The molecule has 2 N–H and O–H groups in total. The van der Waals surface area contributed by atoms with E-state index in [2.05, 4.69) is 42.9 Å². The molecule has 1 aromatic heterocycles. The lowest BCUT2D eigenvalue weighted by molar-refractivity contribution is 0.286. The van der Waals surface area contributed by atoms with E-state index in [1.165, 1.54) is 5.56 Å². The van der Waals surface area contributed by atoms with Crippen LogP contribution in [0.2, 0.25) is 0 Å². The van der Waals surface area contributed by atoms with Crippen LogP contribution in [-0.4, -0.2) is 36.1 Å². The Morgan fingerprint density at radius 3 is 2.50 bits per heavy atom. The summed E-state index contributed by atoms with van der Waals surface area (Å²) in [5, 5.41) is 0. The van der Waals surface area contributed by atoms with E-state index in [1.54, 1.807) is 0 Å². The van der Waals surface area contributed by atoms with E-state index in [0.717, 1.165) is 19.5 Å². The predicted octanol–water partition coefficient (Wildman–Crippen LogP) is 1.54. The van der Waals surface area contributed by atoms with Gasteiger partial charge in [0.25, 0.3) is 0 Å². The molecule has 1 heterocycles. The van der Waals surface area contributed by atoms with Crippen LogP contribution in [0.15, 0.2) is 24.5 Å². The van der Waals surface area contributed by atoms with Crippen molar-refractivity contribution in [1.29, 1.82) is 0 Å². The van der Waals surface area contributed by atoms with Crippen molar-refractivity contribution in [3.63, 3.8) is 0 Å². The van der Waals surface area contributed by atoms with Crippen LogP contribution in [0.4, 0.5) is 0 Å². The number of hydrogen-bond acceptors (Lipinski definition) is 3. The Hall–Kier alpha value is -0.930. The van der Waals surface area contributed by atoms with E-state index < -0.39 is 0 Å². The molecule has 1 atom stereocenters. The summed E-state index contributed by atoms with van der Waals surface area (Å²) in [5.41, 5.74) is 7.37. The Morgan fingerprint density at radius 2 is 1.94 bits per heavy atom. The highest BCUT2D eigenvalue weighted by Crippen LogP contribution is 2.02. The van der Waals surface area contributed by atoms with Gasteiger partial charge in [-0.3, -0.25) is 4.98 Å². The highest BCUT2D eigenvalue weighted by atomic mass is 15.1. The first-order valence-corrected chi connectivity index (χ1v) is 5.92. The SMILES string of the molecule is CC(C)C(N)CN(C)CCc1ccncc1. The summed E-state index contributed by atoms with van der Waals surface area (Å²) < 4.78 is 0. The van der Waals surface area contributed by atoms with Gasteiger partial charge in [0, 0.05) is 31.5 Å². The minimum Gasteiger partial charge on any atom is -0.326 e. The lowest BCUT2D eigenvalue weighted by atomic mass is 10.1. The van der Waals surface area contributed by atoms with Crippen LogP contribution in [0.1, 0.15) is 19.4 Å². The van der Waals surface area contributed by atoms with Crippen LogP contribution in [0.25, 0.3) is 0 Å². The Morgan fingerprint density at radius 1 is 1.31 bits per heavy atom. The highest BCUT2D eigenvalue weighted by molar-refractivity contribution is 5.09. The largest absolute Gasteiger partial charge is 0.326 e. The molecule has 3 nitrogen and oxygen atoms in total. The minimum absolute atomic E-state index is 0.266. The number of nitrogens with two attached hydrogens (primary N) is 1. The molecule has 0 aliphatic heterocycles. The van der Waals surface area contributed by atoms with Gasteiger partial charge < -0.3 is 10.6 Å². The fourth-order valence-corrected chi connectivity index (χ4v) is 1.53. The van der Waals surface area contributed by atoms with E-state index in [4.69, 9.17) is 5.73 Å². The second-order valence-electron chi connectivity index (χ2n) is 4.78. The fraction of sp³-hybridized carbons (Fsp3) is 0.615. The third kappa shape index (κ3) is 4.73. The van der Waals surface area contributed by atoms with Gasteiger partial charge in [0.15, 0.2) is 0 Å². The topological polar surface area (TPSA) is 42.1 Å². The molecular formula is C13H23N3. The summed E-state index contributed by atoms with van der Waals surface area (Å²) >= 11 is 0. The normalized spacial score (nSPS) is 13.4. The van der Waals surface area contributed by atoms with Gasteiger partial charge in [-0.1, -0.05) is 13.8 Å². The Balaban J connectivity index is 2.28. The molecule has 3 heteroatoms.